The van der Waals surface area contributed by atoms with Crippen LogP contribution in [0.5, 0.6) is 0 Å². The molecule has 0 saturated carbocycles. The van der Waals surface area contributed by atoms with Crippen LogP contribution in [0.25, 0.3) is 11.1 Å². The molecule has 0 spiro atoms. The van der Waals surface area contributed by atoms with Gasteiger partial charge in [-0.2, -0.15) is 0 Å². The van der Waals surface area contributed by atoms with Gasteiger partial charge >= 0.3 is 12.0 Å². The van der Waals surface area contributed by atoms with Crippen LogP contribution in [-0.2, 0) is 14.3 Å². The molecule has 2 atom stereocenters. The summed E-state index contributed by atoms with van der Waals surface area (Å²) in [4.78, 5) is 39.3. The molecule has 0 radical (unpaired) electrons. The SMILES string of the molecule is COC(=O)[C@@H](NC(=O)c1ccc(-c2cccc(F)c2)cc1NC(=O)Nc1c(C)cc(Br)cc1C)C(C)OC(C)(C)C. The maximum atomic E-state index is 14.0. The van der Waals surface area contributed by atoms with Crippen molar-refractivity contribution in [1.82, 2.24) is 5.32 Å². The number of methoxy groups -OCH3 is 1. The number of carbonyl (C=O) groups excluding carboxylic acids is 3. The number of rotatable bonds is 8. The summed E-state index contributed by atoms with van der Waals surface area (Å²) in [6.45, 7) is 10.9. The Labute approximate surface area is 248 Å². The highest BCUT2D eigenvalue weighted by molar-refractivity contribution is 9.10. The number of anilines is 2. The zero-order valence-electron chi connectivity index (χ0n) is 24.1. The van der Waals surface area contributed by atoms with Gasteiger partial charge in [0.1, 0.15) is 5.82 Å². The summed E-state index contributed by atoms with van der Waals surface area (Å²) in [5.41, 5.74) is 3.08. The fourth-order valence-electron chi connectivity index (χ4n) is 4.41. The summed E-state index contributed by atoms with van der Waals surface area (Å²) in [7, 11) is 1.22. The number of nitrogens with one attached hydrogen (secondary N) is 3. The van der Waals surface area contributed by atoms with Crippen LogP contribution < -0.4 is 16.0 Å². The van der Waals surface area contributed by atoms with Gasteiger partial charge in [0.2, 0.25) is 0 Å². The molecule has 0 bridgehead atoms. The Hall–Kier alpha value is -3.76. The Morgan fingerprint density at radius 1 is 0.927 bits per heavy atom. The van der Waals surface area contributed by atoms with Crippen molar-refractivity contribution in [2.75, 3.05) is 17.7 Å². The number of aryl methyl sites for hydroxylation is 2. The Morgan fingerprint density at radius 3 is 2.15 bits per heavy atom. The number of carbonyl (C=O) groups is 3. The Morgan fingerprint density at radius 2 is 1.56 bits per heavy atom. The van der Waals surface area contributed by atoms with E-state index in [0.29, 0.717) is 16.8 Å². The van der Waals surface area contributed by atoms with Crippen molar-refractivity contribution in [3.8, 4) is 11.1 Å². The van der Waals surface area contributed by atoms with E-state index >= 15 is 0 Å². The molecule has 0 heterocycles. The molecule has 0 saturated heterocycles. The quantitative estimate of drug-likeness (QED) is 0.233. The molecule has 218 valence electrons. The van der Waals surface area contributed by atoms with Crippen molar-refractivity contribution in [2.24, 2.45) is 0 Å². The first-order valence-corrected chi connectivity index (χ1v) is 13.8. The number of benzene rings is 3. The highest BCUT2D eigenvalue weighted by Gasteiger charge is 2.32. The largest absolute Gasteiger partial charge is 0.467 e. The lowest BCUT2D eigenvalue weighted by Crippen LogP contribution is -2.51. The van der Waals surface area contributed by atoms with Gasteiger partial charge in [-0.25, -0.2) is 14.0 Å². The normalized spacial score (nSPS) is 12.7. The van der Waals surface area contributed by atoms with E-state index in [1.807, 2.05) is 46.8 Å². The Balaban J connectivity index is 1.98. The smallest absolute Gasteiger partial charge is 0.331 e. The van der Waals surface area contributed by atoms with E-state index in [4.69, 9.17) is 9.47 Å². The van der Waals surface area contributed by atoms with Crippen LogP contribution in [0.3, 0.4) is 0 Å². The Kier molecular flexibility index (Phi) is 10.3. The molecule has 41 heavy (non-hydrogen) atoms. The number of halogens is 2. The molecule has 0 aromatic heterocycles. The number of hydrogen-bond acceptors (Lipinski definition) is 5. The highest BCUT2D eigenvalue weighted by Crippen LogP contribution is 2.29. The molecule has 0 aliphatic carbocycles. The minimum atomic E-state index is -1.12. The number of hydrogen-bond donors (Lipinski definition) is 3. The molecule has 3 rings (SSSR count). The second kappa shape index (κ2) is 13.3. The van der Waals surface area contributed by atoms with Crippen molar-refractivity contribution >= 4 is 45.2 Å². The van der Waals surface area contributed by atoms with Crippen LogP contribution in [0.4, 0.5) is 20.6 Å². The molecule has 8 nitrogen and oxygen atoms in total. The molecule has 0 aliphatic rings. The second-order valence-corrected chi connectivity index (χ2v) is 11.6. The van der Waals surface area contributed by atoms with Gasteiger partial charge in [-0.3, -0.25) is 4.79 Å². The Bertz CT molecular complexity index is 1430. The number of esters is 1. The first kappa shape index (κ1) is 31.8. The summed E-state index contributed by atoms with van der Waals surface area (Å²) in [6, 6.07) is 12.7. The van der Waals surface area contributed by atoms with E-state index in [-0.39, 0.29) is 11.3 Å². The van der Waals surface area contributed by atoms with Crippen LogP contribution in [0.2, 0.25) is 0 Å². The van der Waals surface area contributed by atoms with Crippen molar-refractivity contribution in [1.29, 1.82) is 0 Å². The van der Waals surface area contributed by atoms with Crippen LogP contribution >= 0.6 is 15.9 Å². The van der Waals surface area contributed by atoms with E-state index in [9.17, 15) is 18.8 Å². The third-order valence-electron chi connectivity index (χ3n) is 6.16. The van der Waals surface area contributed by atoms with Gasteiger partial charge < -0.3 is 25.4 Å². The van der Waals surface area contributed by atoms with E-state index in [2.05, 4.69) is 31.9 Å². The summed E-state index contributed by atoms with van der Waals surface area (Å²) >= 11 is 3.45. The lowest BCUT2D eigenvalue weighted by atomic mass is 10.0. The van der Waals surface area contributed by atoms with Crippen molar-refractivity contribution in [3.63, 3.8) is 0 Å². The topological polar surface area (TPSA) is 106 Å². The predicted octanol–water partition coefficient (Wildman–Crippen LogP) is 6.99. The van der Waals surface area contributed by atoms with E-state index in [1.54, 1.807) is 31.2 Å². The standard InChI is InChI=1S/C31H35BrFN3O5/c1-17-13-22(32)14-18(2)26(17)36-30(39)34-25-16-21(20-9-8-10-23(33)15-20)11-12-24(25)28(37)35-27(29(38)40-7)19(3)41-31(4,5)6/h8-16,19,27H,1-7H3,(H,35,37)(H2,34,36,39)/t19?,27-/m0/s1. The lowest BCUT2D eigenvalue weighted by molar-refractivity contribution is -0.150. The van der Waals surface area contributed by atoms with Gasteiger partial charge in [-0.15, -0.1) is 0 Å². The summed E-state index contributed by atoms with van der Waals surface area (Å²) in [6.07, 6.45) is -0.721. The van der Waals surface area contributed by atoms with E-state index in [0.717, 1.165) is 15.6 Å². The molecular formula is C31H35BrFN3O5. The second-order valence-electron chi connectivity index (χ2n) is 10.7. The number of amides is 3. The molecule has 1 unspecified atom stereocenters. The number of urea groups is 1. The maximum absolute atomic E-state index is 14.0. The van der Waals surface area contributed by atoms with Crippen molar-refractivity contribution in [3.05, 3.63) is 81.6 Å². The molecule has 3 aromatic rings. The average Bonchev–Trinajstić information content (AvgIpc) is 2.87. The van der Waals surface area contributed by atoms with Gasteiger partial charge in [-0.05, 0) is 100 Å². The van der Waals surface area contributed by atoms with Crippen LogP contribution in [-0.4, -0.2) is 42.8 Å². The van der Waals surface area contributed by atoms with Crippen molar-refractivity contribution < 1.29 is 28.2 Å². The fraction of sp³-hybridized carbons (Fsp3) is 0.323. The lowest BCUT2D eigenvalue weighted by Gasteiger charge is -2.30. The predicted molar refractivity (Wildman–Crippen MR) is 162 cm³/mol. The van der Waals surface area contributed by atoms with Crippen LogP contribution in [0.15, 0.2) is 59.1 Å². The molecule has 0 aliphatic heterocycles. The average molecular weight is 629 g/mol. The maximum Gasteiger partial charge on any atom is 0.331 e. The minimum Gasteiger partial charge on any atom is -0.467 e. The third kappa shape index (κ3) is 8.61. The molecule has 3 aromatic carbocycles. The van der Waals surface area contributed by atoms with Gasteiger partial charge in [0.05, 0.1) is 30.1 Å². The first-order chi connectivity index (χ1) is 19.2. The van der Waals surface area contributed by atoms with Gasteiger partial charge in [0.25, 0.3) is 5.91 Å². The summed E-state index contributed by atoms with van der Waals surface area (Å²) in [5.74, 6) is -1.74. The molecule has 0 fully saturated rings. The molecular weight excluding hydrogens is 593 g/mol. The van der Waals surface area contributed by atoms with Gasteiger partial charge in [-0.1, -0.05) is 34.1 Å². The zero-order valence-corrected chi connectivity index (χ0v) is 25.7. The minimum absolute atomic E-state index is 0.0846. The fourth-order valence-corrected chi connectivity index (χ4v) is 5.09. The molecule has 3 N–H and O–H groups in total. The monoisotopic (exact) mass is 627 g/mol. The van der Waals surface area contributed by atoms with Gasteiger partial charge in [0.15, 0.2) is 6.04 Å². The van der Waals surface area contributed by atoms with E-state index in [1.165, 1.54) is 25.3 Å². The third-order valence-corrected chi connectivity index (χ3v) is 6.61. The van der Waals surface area contributed by atoms with Crippen molar-refractivity contribution in [2.45, 2.75) is 59.3 Å². The van der Waals surface area contributed by atoms with Crippen LogP contribution in [0.1, 0.15) is 49.2 Å². The van der Waals surface area contributed by atoms with Gasteiger partial charge in [0, 0.05) is 10.2 Å². The van der Waals surface area contributed by atoms with E-state index < -0.39 is 41.5 Å². The first-order valence-electron chi connectivity index (χ1n) is 13.0. The molecule has 3 amide bonds. The summed E-state index contributed by atoms with van der Waals surface area (Å²) in [5, 5.41) is 8.29. The highest BCUT2D eigenvalue weighted by atomic mass is 79.9. The zero-order chi connectivity index (χ0) is 30.5. The molecule has 10 heteroatoms. The summed E-state index contributed by atoms with van der Waals surface area (Å²) < 4.78 is 25.7. The number of ether oxygens (including phenoxy) is 2. The van der Waals surface area contributed by atoms with Crippen LogP contribution in [0, 0.1) is 19.7 Å².